The minimum absolute atomic E-state index is 0.0868. The maximum absolute atomic E-state index is 12.5. The van der Waals surface area contributed by atoms with E-state index in [0.717, 1.165) is 25.9 Å². The van der Waals surface area contributed by atoms with Gasteiger partial charge in [-0.1, -0.05) is 51.1 Å². The highest BCUT2D eigenvalue weighted by Gasteiger charge is 2.35. The molecule has 0 fully saturated rings. The van der Waals surface area contributed by atoms with E-state index in [1.165, 1.54) is 5.56 Å². The maximum atomic E-state index is 12.5. The van der Waals surface area contributed by atoms with Gasteiger partial charge in [-0.25, -0.2) is 0 Å². The summed E-state index contributed by atoms with van der Waals surface area (Å²) >= 11 is -0.415. The number of fused-ring (bicyclic) bond motifs is 3. The molecule has 22 heavy (non-hydrogen) atoms. The van der Waals surface area contributed by atoms with E-state index in [-0.39, 0.29) is 15.5 Å². The van der Waals surface area contributed by atoms with Gasteiger partial charge in [0.05, 0.1) is 9.50 Å². The van der Waals surface area contributed by atoms with Gasteiger partial charge in [0.1, 0.15) is 5.75 Å². The fourth-order valence-electron chi connectivity index (χ4n) is 3.02. The molecular weight excluding hydrogens is 389 g/mol. The van der Waals surface area contributed by atoms with Gasteiger partial charge in [-0.2, -0.15) is 0 Å². The lowest BCUT2D eigenvalue weighted by molar-refractivity contribution is -0.114. The first-order valence-electron chi connectivity index (χ1n) is 7.06. The van der Waals surface area contributed by atoms with Crippen molar-refractivity contribution in [2.24, 2.45) is 5.73 Å². The van der Waals surface area contributed by atoms with Crippen LogP contribution < -0.4 is 5.73 Å². The van der Waals surface area contributed by atoms with E-state index < -0.39 is 20.7 Å². The lowest BCUT2D eigenvalue weighted by atomic mass is 9.85. The number of benzene rings is 2. The van der Waals surface area contributed by atoms with Crippen molar-refractivity contribution in [2.75, 3.05) is 0 Å². The highest BCUT2D eigenvalue weighted by Crippen LogP contribution is 2.46. The zero-order valence-electron chi connectivity index (χ0n) is 11.7. The predicted octanol–water partition coefficient (Wildman–Crippen LogP) is 2.98. The van der Waals surface area contributed by atoms with Crippen LogP contribution in [0.5, 0.6) is 5.75 Å². The lowest BCUT2D eigenvalue weighted by Gasteiger charge is -2.18. The van der Waals surface area contributed by atoms with Crippen LogP contribution in [0, 0.1) is 0 Å². The number of phenols is 1. The number of carbonyl (C=O) groups excluding carboxylic acids is 1. The van der Waals surface area contributed by atoms with Crippen molar-refractivity contribution in [3.63, 3.8) is 0 Å². The van der Waals surface area contributed by atoms with Crippen molar-refractivity contribution in [3.05, 3.63) is 76.5 Å². The lowest BCUT2D eigenvalue weighted by Crippen LogP contribution is -2.24. The van der Waals surface area contributed by atoms with Gasteiger partial charge < -0.3 is 10.8 Å². The minimum Gasteiger partial charge on any atom is -0.508 e. The molecule has 0 bridgehead atoms. The summed E-state index contributed by atoms with van der Waals surface area (Å²) in [5, 5.41) is 9.65. The first-order chi connectivity index (χ1) is 10.6. The standard InChI is InChI=1S/C18H14INO2/c20-18-15-14(22)9-11-8-12(21)6-7-13(11)17(15)19-16(18)10-4-2-1-3-5-10/h1-8,16,21H,9,20H2. The summed E-state index contributed by atoms with van der Waals surface area (Å²) in [5.74, 6) is 0.298. The van der Waals surface area contributed by atoms with E-state index in [1.807, 2.05) is 24.3 Å². The second-order valence-electron chi connectivity index (χ2n) is 5.47. The summed E-state index contributed by atoms with van der Waals surface area (Å²) in [6.45, 7) is 0. The Hall–Kier alpha value is -1.95. The van der Waals surface area contributed by atoms with Gasteiger partial charge in [-0.3, -0.25) is 4.79 Å². The SMILES string of the molecule is NC1=C2C(=O)Cc3cc(O)ccc3C2=IC1c1ccccc1. The van der Waals surface area contributed by atoms with Crippen LogP contribution >= 0.6 is 20.7 Å². The van der Waals surface area contributed by atoms with E-state index in [1.54, 1.807) is 12.1 Å². The number of nitrogens with two attached hydrogens (primary N) is 1. The number of alkyl halides is 1. The van der Waals surface area contributed by atoms with Crippen LogP contribution in [-0.2, 0) is 11.2 Å². The van der Waals surface area contributed by atoms with Crippen molar-refractivity contribution in [1.29, 1.82) is 0 Å². The summed E-state index contributed by atoms with van der Waals surface area (Å²) in [4.78, 5) is 12.5. The largest absolute Gasteiger partial charge is 0.508 e. The number of phenolic OH excluding ortho intramolecular Hbond substituents is 1. The Morgan fingerprint density at radius 1 is 1.14 bits per heavy atom. The van der Waals surface area contributed by atoms with E-state index in [2.05, 4.69) is 12.1 Å². The van der Waals surface area contributed by atoms with Gasteiger partial charge in [-0.05, 0) is 34.9 Å². The van der Waals surface area contributed by atoms with Crippen molar-refractivity contribution in [3.8, 4) is 5.75 Å². The molecule has 0 saturated carbocycles. The number of hydrogen-bond donors (Lipinski definition) is 2. The molecule has 1 unspecified atom stereocenters. The van der Waals surface area contributed by atoms with Crippen LogP contribution in [0.4, 0.5) is 0 Å². The van der Waals surface area contributed by atoms with Crippen LogP contribution in [0.3, 0.4) is 0 Å². The molecule has 1 heterocycles. The molecule has 0 radical (unpaired) electrons. The summed E-state index contributed by atoms with van der Waals surface area (Å²) in [7, 11) is 0. The van der Waals surface area contributed by atoms with Gasteiger partial charge >= 0.3 is 0 Å². The van der Waals surface area contributed by atoms with E-state index in [9.17, 15) is 9.90 Å². The smallest absolute Gasteiger partial charge is 0.170 e. The number of carbonyl (C=O) groups is 1. The third-order valence-electron chi connectivity index (χ3n) is 4.05. The molecule has 1 aliphatic carbocycles. The molecule has 2 aliphatic rings. The minimum atomic E-state index is -0.415. The molecule has 4 rings (SSSR count). The summed E-state index contributed by atoms with van der Waals surface area (Å²) in [6, 6.07) is 15.5. The Bertz CT molecular complexity index is 853. The quantitative estimate of drug-likeness (QED) is 0.569. The second kappa shape index (κ2) is 5.05. The van der Waals surface area contributed by atoms with Crippen LogP contribution in [0.1, 0.15) is 20.6 Å². The number of allylic oxidation sites excluding steroid dienone is 2. The van der Waals surface area contributed by atoms with Crippen molar-refractivity contribution in [2.45, 2.75) is 10.3 Å². The number of Topliss-reactive ketones (excluding diaryl/α,β-unsaturated/α-hetero) is 1. The molecule has 2 aromatic rings. The van der Waals surface area contributed by atoms with Gasteiger partial charge in [0, 0.05) is 15.6 Å². The third kappa shape index (κ3) is 2.01. The third-order valence-corrected chi connectivity index (χ3v) is 7.80. The number of ketones is 1. The molecule has 0 saturated heterocycles. The van der Waals surface area contributed by atoms with Crippen LogP contribution in [0.15, 0.2) is 59.8 Å². The molecule has 1 aliphatic heterocycles. The Morgan fingerprint density at radius 2 is 1.91 bits per heavy atom. The van der Waals surface area contributed by atoms with Gasteiger partial charge in [-0.15, -0.1) is 0 Å². The van der Waals surface area contributed by atoms with Crippen LogP contribution in [-0.4, -0.2) is 14.4 Å². The Balaban J connectivity index is 1.90. The first-order valence-corrected chi connectivity index (χ1v) is 9.38. The Labute approximate surface area is 138 Å². The van der Waals surface area contributed by atoms with Gasteiger partial charge in [0.25, 0.3) is 0 Å². The number of rotatable bonds is 1. The van der Waals surface area contributed by atoms with E-state index in [0.29, 0.717) is 6.42 Å². The zero-order valence-corrected chi connectivity index (χ0v) is 13.9. The fraction of sp³-hybridized carbons (Fsp3) is 0.111. The summed E-state index contributed by atoms with van der Waals surface area (Å²) in [5.41, 5.74) is 11.1. The molecule has 0 aromatic heterocycles. The topological polar surface area (TPSA) is 63.3 Å². The van der Waals surface area contributed by atoms with Crippen molar-refractivity contribution in [1.82, 2.24) is 0 Å². The van der Waals surface area contributed by atoms with E-state index >= 15 is 0 Å². The molecule has 0 spiro atoms. The number of aromatic hydroxyl groups is 1. The van der Waals surface area contributed by atoms with Crippen molar-refractivity contribution >= 4 is 30.0 Å². The predicted molar refractivity (Wildman–Crippen MR) is 95.3 cm³/mol. The molecule has 2 aromatic carbocycles. The fourth-order valence-corrected chi connectivity index (χ4v) is 6.85. The summed E-state index contributed by atoms with van der Waals surface area (Å²) in [6.07, 6.45) is 0.328. The molecule has 110 valence electrons. The molecule has 3 N–H and O–H groups in total. The van der Waals surface area contributed by atoms with Gasteiger partial charge in [0.15, 0.2) is 5.78 Å². The number of hydrogen-bond acceptors (Lipinski definition) is 3. The van der Waals surface area contributed by atoms with Crippen LogP contribution in [0.25, 0.3) is 0 Å². The normalized spacial score (nSPS) is 20.1. The molecule has 3 nitrogen and oxygen atoms in total. The highest BCUT2D eigenvalue weighted by molar-refractivity contribution is 14.2. The second-order valence-corrected chi connectivity index (χ2v) is 8.42. The Kier molecular flexibility index (Phi) is 3.14. The molecule has 4 heteroatoms. The van der Waals surface area contributed by atoms with Crippen LogP contribution in [0.2, 0.25) is 0 Å². The average molecular weight is 403 g/mol. The number of halogens is 1. The molecule has 0 amide bonds. The zero-order chi connectivity index (χ0) is 15.3. The Morgan fingerprint density at radius 3 is 2.68 bits per heavy atom. The van der Waals surface area contributed by atoms with Crippen molar-refractivity contribution < 1.29 is 9.90 Å². The monoisotopic (exact) mass is 403 g/mol. The highest BCUT2D eigenvalue weighted by atomic mass is 127. The van der Waals surface area contributed by atoms with E-state index in [4.69, 9.17) is 5.73 Å². The summed E-state index contributed by atoms with van der Waals surface area (Å²) < 4.78 is 1.31. The average Bonchev–Trinajstić information content (AvgIpc) is 2.86. The van der Waals surface area contributed by atoms with Gasteiger partial charge in [0.2, 0.25) is 0 Å². The molecule has 1 atom stereocenters. The first kappa shape index (κ1) is 13.7. The molecular formula is C18H14INO2. The maximum Gasteiger partial charge on any atom is 0.170 e.